The van der Waals surface area contributed by atoms with Crippen LogP contribution in [-0.2, 0) is 26.5 Å². The zero-order chi connectivity index (χ0) is 15.7. The first kappa shape index (κ1) is 20.9. The van der Waals surface area contributed by atoms with Gasteiger partial charge in [-0.1, -0.05) is 6.92 Å². The number of benzene rings is 1. The molecule has 0 amide bonds. The van der Waals surface area contributed by atoms with Crippen LogP contribution < -0.4 is 0 Å². The van der Waals surface area contributed by atoms with E-state index < -0.39 is 0 Å². The molecule has 2 unspecified atom stereocenters. The predicted octanol–water partition coefficient (Wildman–Crippen LogP) is 2.64. The fourth-order valence-corrected chi connectivity index (χ4v) is 1.88. The maximum Gasteiger partial charge on any atom is 0.0536 e. The molecule has 0 aliphatic carbocycles. The van der Waals surface area contributed by atoms with Crippen molar-refractivity contribution < 1.29 is 30.3 Å². The van der Waals surface area contributed by atoms with E-state index in [1.54, 1.807) is 26.2 Å². The number of aryl methyl sites for hydroxylation is 1. The molecule has 1 heterocycles. The van der Waals surface area contributed by atoms with E-state index >= 15 is 0 Å². The summed E-state index contributed by atoms with van der Waals surface area (Å²) in [5.74, 6) is 0. The van der Waals surface area contributed by atoms with Crippen LogP contribution in [0.2, 0.25) is 0 Å². The van der Waals surface area contributed by atoms with Crippen LogP contribution >= 0.6 is 0 Å². The van der Waals surface area contributed by atoms with Crippen molar-refractivity contribution in [1.29, 1.82) is 0 Å². The van der Waals surface area contributed by atoms with Crippen molar-refractivity contribution in [3.63, 3.8) is 0 Å². The maximum absolute atomic E-state index is 8.56. The molecule has 1 radical (unpaired) electrons. The third kappa shape index (κ3) is 7.76. The molecule has 0 fully saturated rings. The molecule has 4 nitrogen and oxygen atoms in total. The molecule has 2 N–H and O–H groups in total. The fraction of sp³-hybridized carbons (Fsp3) is 0.412. The van der Waals surface area contributed by atoms with Gasteiger partial charge < -0.3 is 15.2 Å². The van der Waals surface area contributed by atoms with Crippen LogP contribution in [0, 0.1) is 6.07 Å². The van der Waals surface area contributed by atoms with E-state index in [2.05, 4.69) is 23.0 Å². The Kier molecular flexibility index (Phi) is 10.9. The summed E-state index contributed by atoms with van der Waals surface area (Å²) >= 11 is 0. The minimum Gasteiger partial charge on any atom is -0.393 e. The molecule has 0 saturated heterocycles. The molecule has 2 rings (SSSR count). The summed E-state index contributed by atoms with van der Waals surface area (Å²) in [6.07, 6.45) is 4.06. The Balaban J connectivity index is 0.000000478. The van der Waals surface area contributed by atoms with Gasteiger partial charge in [0.05, 0.1) is 12.2 Å². The van der Waals surface area contributed by atoms with Gasteiger partial charge in [0.15, 0.2) is 0 Å². The van der Waals surface area contributed by atoms with E-state index in [0.717, 1.165) is 23.4 Å². The minimum absolute atomic E-state index is 0. The molecular formula is C17H23IrN2O2-. The van der Waals surface area contributed by atoms with E-state index in [1.807, 2.05) is 24.3 Å². The summed E-state index contributed by atoms with van der Waals surface area (Å²) in [4.78, 5) is 8.62. The fourth-order valence-electron chi connectivity index (χ4n) is 1.88. The van der Waals surface area contributed by atoms with E-state index in [0.29, 0.717) is 6.42 Å². The molecule has 22 heavy (non-hydrogen) atoms. The number of nitrogens with zero attached hydrogens (tertiary/aromatic N) is 2. The number of aromatic nitrogens is 2. The Morgan fingerprint density at radius 3 is 2.18 bits per heavy atom. The smallest absolute Gasteiger partial charge is 0.0536 e. The molecule has 1 aromatic carbocycles. The molecular weight excluding hydrogens is 456 g/mol. The Bertz CT molecular complexity index is 513. The van der Waals surface area contributed by atoms with Gasteiger partial charge in [-0.15, -0.1) is 35.9 Å². The number of aliphatic hydroxyl groups is 2. The van der Waals surface area contributed by atoms with Crippen LogP contribution in [0.4, 0.5) is 0 Å². The minimum atomic E-state index is -0.375. The van der Waals surface area contributed by atoms with Crippen LogP contribution in [0.1, 0.15) is 32.9 Å². The molecule has 2 aromatic rings. The molecule has 0 aliphatic rings. The molecule has 0 bridgehead atoms. The van der Waals surface area contributed by atoms with Gasteiger partial charge in [0.2, 0.25) is 0 Å². The third-order valence-electron chi connectivity index (χ3n) is 2.76. The van der Waals surface area contributed by atoms with Crippen molar-refractivity contribution in [2.24, 2.45) is 0 Å². The first-order chi connectivity index (χ1) is 10.0. The predicted molar refractivity (Wildman–Crippen MR) is 83.7 cm³/mol. The molecule has 0 aliphatic heterocycles. The number of hydrogen-bond acceptors (Lipinski definition) is 4. The SMILES string of the molecule is CC(O)CC(C)O.CCc1nccnc1-c1[c-]cccc1.[Ir]. The standard InChI is InChI=1S/C12H11N2.C5H12O2.Ir/c1-2-11-12(14-9-8-13-11)10-6-4-3-5-7-10;1-4(6)3-5(2)7;/h3-6,8-9H,2H2,1H3;4-7H,3H2,1-2H3;/q-1;;. The van der Waals surface area contributed by atoms with E-state index in [4.69, 9.17) is 10.2 Å². The van der Waals surface area contributed by atoms with Crippen LogP contribution in [0.15, 0.2) is 36.7 Å². The normalized spacial score (nSPS) is 12.4. The zero-order valence-electron chi connectivity index (χ0n) is 13.2. The van der Waals surface area contributed by atoms with Gasteiger partial charge in [-0.2, -0.15) is 0 Å². The summed E-state index contributed by atoms with van der Waals surface area (Å²) < 4.78 is 0. The second-order valence-electron chi connectivity index (χ2n) is 4.92. The Morgan fingerprint density at radius 2 is 1.73 bits per heavy atom. The first-order valence-corrected chi connectivity index (χ1v) is 7.17. The zero-order valence-corrected chi connectivity index (χ0v) is 15.6. The van der Waals surface area contributed by atoms with E-state index in [9.17, 15) is 0 Å². The monoisotopic (exact) mass is 480 g/mol. The largest absolute Gasteiger partial charge is 0.393 e. The molecule has 0 saturated carbocycles. The van der Waals surface area contributed by atoms with Crippen molar-refractivity contribution in [2.75, 3.05) is 0 Å². The van der Waals surface area contributed by atoms with Crippen LogP contribution in [-0.4, -0.2) is 32.4 Å². The summed E-state index contributed by atoms with van der Waals surface area (Å²) in [7, 11) is 0. The van der Waals surface area contributed by atoms with Gasteiger partial charge in [0.25, 0.3) is 0 Å². The van der Waals surface area contributed by atoms with Crippen LogP contribution in [0.3, 0.4) is 0 Å². The summed E-state index contributed by atoms with van der Waals surface area (Å²) in [5, 5.41) is 17.1. The summed E-state index contributed by atoms with van der Waals surface area (Å²) in [6, 6.07) is 11.0. The average Bonchev–Trinajstić information content (AvgIpc) is 2.47. The van der Waals surface area contributed by atoms with Crippen molar-refractivity contribution in [3.05, 3.63) is 48.4 Å². The Morgan fingerprint density at radius 1 is 1.09 bits per heavy atom. The van der Waals surface area contributed by atoms with Crippen LogP contribution in [0.5, 0.6) is 0 Å². The molecule has 2 atom stereocenters. The van der Waals surface area contributed by atoms with Crippen LogP contribution in [0.25, 0.3) is 11.3 Å². The third-order valence-corrected chi connectivity index (χ3v) is 2.76. The average molecular weight is 480 g/mol. The van der Waals surface area contributed by atoms with Gasteiger partial charge in [-0.3, -0.25) is 4.98 Å². The molecule has 123 valence electrons. The Labute approximate surface area is 146 Å². The molecule has 5 heteroatoms. The maximum atomic E-state index is 8.56. The van der Waals surface area contributed by atoms with Crippen molar-refractivity contribution in [3.8, 4) is 11.3 Å². The van der Waals surface area contributed by atoms with Gasteiger partial charge in [0, 0.05) is 43.9 Å². The number of rotatable bonds is 4. The van der Waals surface area contributed by atoms with Gasteiger partial charge >= 0.3 is 0 Å². The van der Waals surface area contributed by atoms with Gasteiger partial charge in [-0.05, 0) is 26.7 Å². The number of hydrogen-bond donors (Lipinski definition) is 2. The number of aliphatic hydroxyl groups excluding tert-OH is 2. The molecule has 0 spiro atoms. The second kappa shape index (κ2) is 11.4. The summed E-state index contributed by atoms with van der Waals surface area (Å²) in [6.45, 7) is 5.40. The quantitative estimate of drug-likeness (QED) is 0.662. The first-order valence-electron chi connectivity index (χ1n) is 7.17. The van der Waals surface area contributed by atoms with Crippen molar-refractivity contribution in [2.45, 2.75) is 45.8 Å². The van der Waals surface area contributed by atoms with Crippen molar-refractivity contribution in [1.82, 2.24) is 9.97 Å². The Hall–Kier alpha value is -1.13. The van der Waals surface area contributed by atoms with E-state index in [-0.39, 0.29) is 32.3 Å². The van der Waals surface area contributed by atoms with Gasteiger partial charge in [-0.25, -0.2) is 0 Å². The van der Waals surface area contributed by atoms with Crippen molar-refractivity contribution >= 4 is 0 Å². The second-order valence-corrected chi connectivity index (χ2v) is 4.92. The topological polar surface area (TPSA) is 66.2 Å². The summed E-state index contributed by atoms with van der Waals surface area (Å²) in [5.41, 5.74) is 2.98. The molecule has 1 aromatic heterocycles. The van der Waals surface area contributed by atoms with Gasteiger partial charge in [0.1, 0.15) is 0 Å². The van der Waals surface area contributed by atoms with E-state index in [1.165, 1.54) is 0 Å².